The lowest BCUT2D eigenvalue weighted by Crippen LogP contribution is -2.47. The minimum Gasteiger partial charge on any atom is -0.389 e. The number of rotatable bonds is 3. The predicted octanol–water partition coefficient (Wildman–Crippen LogP) is 3.76. The molecule has 1 saturated heterocycles. The summed E-state index contributed by atoms with van der Waals surface area (Å²) in [7, 11) is 0. The highest BCUT2D eigenvalue weighted by atomic mass is 16.3. The van der Waals surface area contributed by atoms with Gasteiger partial charge in [-0.05, 0) is 43.2 Å². The Morgan fingerprint density at radius 3 is 2.05 bits per heavy atom. The second-order valence-corrected chi connectivity index (χ2v) is 7.98. The van der Waals surface area contributed by atoms with Crippen molar-refractivity contribution < 1.29 is 5.11 Å². The average molecular weight is 289 g/mol. The Hall–Kier alpha value is -0.860. The molecule has 0 spiro atoms. The second kappa shape index (κ2) is 6.10. The fourth-order valence-corrected chi connectivity index (χ4v) is 3.14. The average Bonchev–Trinajstić information content (AvgIpc) is 2.38. The summed E-state index contributed by atoms with van der Waals surface area (Å²) in [4.78, 5) is 2.46. The number of nitrogens with zero attached hydrogens (tertiary/aromatic N) is 1. The lowest BCUT2D eigenvalue weighted by Gasteiger charge is -2.40. The molecule has 0 radical (unpaired) electrons. The molecular formula is C19H31NO. The van der Waals surface area contributed by atoms with Crippen molar-refractivity contribution in [2.24, 2.45) is 0 Å². The number of hydrogen-bond donors (Lipinski definition) is 1. The summed E-state index contributed by atoms with van der Waals surface area (Å²) in [6, 6.07) is 9.38. The van der Waals surface area contributed by atoms with Crippen LogP contribution >= 0.6 is 0 Å². The van der Waals surface area contributed by atoms with E-state index in [4.69, 9.17) is 0 Å². The Morgan fingerprint density at radius 1 is 1.10 bits per heavy atom. The zero-order valence-electron chi connectivity index (χ0n) is 14.3. The van der Waals surface area contributed by atoms with E-state index in [1.54, 1.807) is 0 Å². The molecule has 1 aliphatic heterocycles. The van der Waals surface area contributed by atoms with E-state index in [0.29, 0.717) is 6.04 Å². The van der Waals surface area contributed by atoms with Crippen molar-refractivity contribution >= 4 is 0 Å². The molecule has 2 heteroatoms. The van der Waals surface area contributed by atoms with Gasteiger partial charge >= 0.3 is 0 Å². The van der Waals surface area contributed by atoms with E-state index in [9.17, 15) is 5.11 Å². The SMILES string of the molecule is CC(C)N1CCC(O)(Cc2ccc(C(C)(C)C)cc2)CC1. The molecule has 1 N–H and O–H groups in total. The predicted molar refractivity (Wildman–Crippen MR) is 89.7 cm³/mol. The van der Waals surface area contributed by atoms with Crippen LogP contribution in [0.1, 0.15) is 58.6 Å². The van der Waals surface area contributed by atoms with Crippen LogP contribution in [0, 0.1) is 0 Å². The van der Waals surface area contributed by atoms with Gasteiger partial charge in [-0.25, -0.2) is 0 Å². The lowest BCUT2D eigenvalue weighted by molar-refractivity contribution is -0.0271. The summed E-state index contributed by atoms with van der Waals surface area (Å²) < 4.78 is 0. The van der Waals surface area contributed by atoms with Crippen LogP contribution in [0.25, 0.3) is 0 Å². The summed E-state index contributed by atoms with van der Waals surface area (Å²) in [5.74, 6) is 0. The highest BCUT2D eigenvalue weighted by Crippen LogP contribution is 2.28. The number of benzene rings is 1. The van der Waals surface area contributed by atoms with Crippen molar-refractivity contribution in [3.63, 3.8) is 0 Å². The molecule has 0 amide bonds. The second-order valence-electron chi connectivity index (χ2n) is 7.98. The molecule has 0 saturated carbocycles. The zero-order valence-corrected chi connectivity index (χ0v) is 14.3. The van der Waals surface area contributed by atoms with Crippen LogP contribution in [0.5, 0.6) is 0 Å². The first-order valence-electron chi connectivity index (χ1n) is 8.25. The molecule has 1 heterocycles. The highest BCUT2D eigenvalue weighted by Gasteiger charge is 2.33. The monoisotopic (exact) mass is 289 g/mol. The van der Waals surface area contributed by atoms with Crippen molar-refractivity contribution in [2.75, 3.05) is 13.1 Å². The lowest BCUT2D eigenvalue weighted by atomic mass is 9.83. The third-order valence-electron chi connectivity index (χ3n) is 4.81. The van der Waals surface area contributed by atoms with Gasteiger partial charge in [-0.3, -0.25) is 0 Å². The number of hydrogen-bond acceptors (Lipinski definition) is 2. The van der Waals surface area contributed by atoms with Gasteiger partial charge in [0.25, 0.3) is 0 Å². The quantitative estimate of drug-likeness (QED) is 0.916. The molecule has 0 aromatic heterocycles. The van der Waals surface area contributed by atoms with Gasteiger partial charge in [0.15, 0.2) is 0 Å². The summed E-state index contributed by atoms with van der Waals surface area (Å²) in [5.41, 5.74) is 2.28. The van der Waals surface area contributed by atoms with Crippen LogP contribution in [0.4, 0.5) is 0 Å². The molecule has 118 valence electrons. The molecule has 1 aromatic carbocycles. The maximum Gasteiger partial charge on any atom is 0.0712 e. The fourth-order valence-electron chi connectivity index (χ4n) is 3.14. The number of aliphatic hydroxyl groups is 1. The van der Waals surface area contributed by atoms with Crippen molar-refractivity contribution in [3.05, 3.63) is 35.4 Å². The molecule has 21 heavy (non-hydrogen) atoms. The van der Waals surface area contributed by atoms with Crippen molar-refractivity contribution in [1.29, 1.82) is 0 Å². The topological polar surface area (TPSA) is 23.5 Å². The Labute approximate surface area is 130 Å². The smallest absolute Gasteiger partial charge is 0.0712 e. The third-order valence-corrected chi connectivity index (χ3v) is 4.81. The Balaban J connectivity index is 1.98. The van der Waals surface area contributed by atoms with Crippen molar-refractivity contribution in [1.82, 2.24) is 4.90 Å². The van der Waals surface area contributed by atoms with E-state index in [1.165, 1.54) is 11.1 Å². The van der Waals surface area contributed by atoms with E-state index in [2.05, 4.69) is 63.8 Å². The van der Waals surface area contributed by atoms with Crippen LogP contribution < -0.4 is 0 Å². The van der Waals surface area contributed by atoms with E-state index in [1.807, 2.05) is 0 Å². The van der Waals surface area contributed by atoms with Crippen LogP contribution in [-0.4, -0.2) is 34.7 Å². The third kappa shape index (κ3) is 4.31. The van der Waals surface area contributed by atoms with E-state index in [-0.39, 0.29) is 5.41 Å². The Morgan fingerprint density at radius 2 is 1.62 bits per heavy atom. The molecule has 1 aromatic rings. The van der Waals surface area contributed by atoms with Crippen LogP contribution in [-0.2, 0) is 11.8 Å². The van der Waals surface area contributed by atoms with Gasteiger partial charge in [0.05, 0.1) is 5.60 Å². The van der Waals surface area contributed by atoms with Crippen LogP contribution in [0.2, 0.25) is 0 Å². The minimum absolute atomic E-state index is 0.192. The molecule has 0 bridgehead atoms. The normalized spacial score (nSPS) is 20.0. The maximum atomic E-state index is 10.8. The molecule has 2 nitrogen and oxygen atoms in total. The Bertz CT molecular complexity index is 447. The maximum absolute atomic E-state index is 10.8. The van der Waals surface area contributed by atoms with Gasteiger partial charge in [0, 0.05) is 25.6 Å². The number of piperidine rings is 1. The fraction of sp³-hybridized carbons (Fsp3) is 0.684. The molecule has 1 fully saturated rings. The van der Waals surface area contributed by atoms with Crippen LogP contribution in [0.3, 0.4) is 0 Å². The van der Waals surface area contributed by atoms with Crippen LogP contribution in [0.15, 0.2) is 24.3 Å². The minimum atomic E-state index is -0.519. The summed E-state index contributed by atoms with van der Waals surface area (Å²) in [5, 5.41) is 10.8. The van der Waals surface area contributed by atoms with E-state index >= 15 is 0 Å². The van der Waals surface area contributed by atoms with Gasteiger partial charge < -0.3 is 10.0 Å². The van der Waals surface area contributed by atoms with E-state index < -0.39 is 5.60 Å². The molecular weight excluding hydrogens is 258 g/mol. The Kier molecular flexibility index (Phi) is 4.79. The summed E-state index contributed by atoms with van der Waals surface area (Å²) in [6.07, 6.45) is 2.54. The first-order valence-corrected chi connectivity index (χ1v) is 8.25. The summed E-state index contributed by atoms with van der Waals surface area (Å²) >= 11 is 0. The molecule has 2 rings (SSSR count). The number of likely N-dealkylation sites (tertiary alicyclic amines) is 1. The highest BCUT2D eigenvalue weighted by molar-refractivity contribution is 5.28. The van der Waals surface area contributed by atoms with Gasteiger partial charge in [-0.15, -0.1) is 0 Å². The largest absolute Gasteiger partial charge is 0.389 e. The van der Waals surface area contributed by atoms with Crippen molar-refractivity contribution in [3.8, 4) is 0 Å². The molecule has 0 unspecified atom stereocenters. The molecule has 0 aliphatic carbocycles. The van der Waals surface area contributed by atoms with Gasteiger partial charge in [0.2, 0.25) is 0 Å². The van der Waals surface area contributed by atoms with Gasteiger partial charge in [-0.2, -0.15) is 0 Å². The first-order chi connectivity index (χ1) is 9.70. The van der Waals surface area contributed by atoms with Gasteiger partial charge in [-0.1, -0.05) is 45.0 Å². The summed E-state index contributed by atoms with van der Waals surface area (Å²) in [6.45, 7) is 13.2. The van der Waals surface area contributed by atoms with E-state index in [0.717, 1.165) is 32.4 Å². The zero-order chi connectivity index (χ0) is 15.7. The molecule has 0 atom stereocenters. The van der Waals surface area contributed by atoms with Gasteiger partial charge in [0.1, 0.15) is 0 Å². The standard InChI is InChI=1S/C19H31NO/c1-15(2)20-12-10-19(21,11-13-20)14-16-6-8-17(9-7-16)18(3,4)5/h6-9,15,21H,10-14H2,1-5H3. The molecule has 1 aliphatic rings. The van der Waals surface area contributed by atoms with Crippen molar-refractivity contribution in [2.45, 2.75) is 70.9 Å². The first kappa shape index (κ1) is 16.5.